The average molecular weight is 423 g/mol. The summed E-state index contributed by atoms with van der Waals surface area (Å²) in [4.78, 5) is 33.5. The number of fused-ring (bicyclic) bond motifs is 3. The molecule has 8 nitrogen and oxygen atoms in total. The number of benzene rings is 1. The van der Waals surface area contributed by atoms with E-state index in [1.807, 2.05) is 18.2 Å². The van der Waals surface area contributed by atoms with Gasteiger partial charge in [-0.1, -0.05) is 0 Å². The number of thioether (sulfide) groups is 1. The van der Waals surface area contributed by atoms with Gasteiger partial charge < -0.3 is 19.9 Å². The molecule has 0 aliphatic carbocycles. The Balaban J connectivity index is 1.33. The Hall–Kier alpha value is -2.83. The maximum atomic E-state index is 12.9. The highest BCUT2D eigenvalue weighted by molar-refractivity contribution is 7.99. The number of hydrogen-bond donors (Lipinski definition) is 1. The van der Waals surface area contributed by atoms with E-state index in [1.165, 1.54) is 4.90 Å². The lowest BCUT2D eigenvalue weighted by molar-refractivity contribution is -0.133. The van der Waals surface area contributed by atoms with Gasteiger partial charge in [-0.15, -0.1) is 11.8 Å². The molecule has 0 radical (unpaired) electrons. The van der Waals surface area contributed by atoms with Crippen LogP contribution in [0.3, 0.4) is 0 Å². The molecule has 3 unspecified atom stereocenters. The smallest absolute Gasteiger partial charge is 0.252 e. The van der Waals surface area contributed by atoms with Gasteiger partial charge in [-0.25, -0.2) is 0 Å². The number of carbonyl (C=O) groups is 2. The monoisotopic (exact) mass is 423 g/mol. The predicted molar refractivity (Wildman–Crippen MR) is 113 cm³/mol. The van der Waals surface area contributed by atoms with E-state index in [0.29, 0.717) is 29.4 Å². The minimum Gasteiger partial charge on any atom is -0.371 e. The van der Waals surface area contributed by atoms with Crippen molar-refractivity contribution in [3.63, 3.8) is 0 Å². The Kier molecular flexibility index (Phi) is 4.97. The summed E-state index contributed by atoms with van der Waals surface area (Å²) in [6, 6.07) is 9.32. The number of rotatable bonds is 4. The van der Waals surface area contributed by atoms with Crippen LogP contribution in [0.2, 0.25) is 0 Å². The van der Waals surface area contributed by atoms with Gasteiger partial charge in [0.1, 0.15) is 6.04 Å². The topological polar surface area (TPSA) is 98.6 Å². The summed E-state index contributed by atoms with van der Waals surface area (Å²) in [5.74, 6) is 0.525. The molecule has 1 aromatic carbocycles. The lowest BCUT2D eigenvalue weighted by Gasteiger charge is -2.48. The third-order valence-corrected chi connectivity index (χ3v) is 6.86. The first-order valence-electron chi connectivity index (χ1n) is 9.96. The minimum atomic E-state index is -0.427. The number of amides is 2. The molecular weight excluding hydrogens is 402 g/mol. The van der Waals surface area contributed by atoms with Crippen molar-refractivity contribution in [2.45, 2.75) is 24.7 Å². The summed E-state index contributed by atoms with van der Waals surface area (Å²) >= 11 is 1.54. The SMILES string of the molecule is N#CC1CSCN1C(=O)CNC(=O)c1ccnc2ccc(N3CC4CC(C3)O4)cc12. The van der Waals surface area contributed by atoms with Crippen LogP contribution in [0.15, 0.2) is 30.5 Å². The maximum absolute atomic E-state index is 12.9. The van der Waals surface area contributed by atoms with Gasteiger partial charge in [-0.05, 0) is 24.3 Å². The summed E-state index contributed by atoms with van der Waals surface area (Å²) in [7, 11) is 0. The van der Waals surface area contributed by atoms with E-state index in [0.717, 1.165) is 36.1 Å². The number of nitrogens with zero attached hydrogens (tertiary/aromatic N) is 4. The molecule has 5 heterocycles. The van der Waals surface area contributed by atoms with Crippen molar-refractivity contribution in [3.05, 3.63) is 36.0 Å². The van der Waals surface area contributed by atoms with Crippen LogP contribution in [0.25, 0.3) is 10.9 Å². The molecule has 1 N–H and O–H groups in total. The molecule has 0 spiro atoms. The van der Waals surface area contributed by atoms with Crippen molar-refractivity contribution < 1.29 is 14.3 Å². The van der Waals surface area contributed by atoms with Gasteiger partial charge in [0.05, 0.1) is 41.8 Å². The summed E-state index contributed by atoms with van der Waals surface area (Å²) in [6.07, 6.45) is 3.31. The fourth-order valence-corrected chi connectivity index (χ4v) is 5.35. The van der Waals surface area contributed by atoms with E-state index < -0.39 is 6.04 Å². The van der Waals surface area contributed by atoms with Crippen LogP contribution in [-0.4, -0.2) is 71.2 Å². The Bertz CT molecular complexity index is 1040. The molecular formula is C21H21N5O3S. The van der Waals surface area contributed by atoms with E-state index in [-0.39, 0.29) is 18.4 Å². The van der Waals surface area contributed by atoms with Crippen molar-refractivity contribution in [1.29, 1.82) is 5.26 Å². The molecule has 4 fully saturated rings. The summed E-state index contributed by atoms with van der Waals surface area (Å²) in [5, 5.41) is 12.6. The molecule has 0 saturated carbocycles. The number of nitrogens with one attached hydrogen (secondary N) is 1. The predicted octanol–water partition coefficient (Wildman–Crippen LogP) is 1.37. The van der Waals surface area contributed by atoms with Crippen molar-refractivity contribution in [2.75, 3.05) is 36.2 Å². The molecule has 4 aliphatic rings. The fourth-order valence-electron chi connectivity index (χ4n) is 4.24. The first-order chi connectivity index (χ1) is 14.6. The van der Waals surface area contributed by atoms with Crippen LogP contribution < -0.4 is 10.2 Å². The number of carbonyl (C=O) groups excluding carboxylic acids is 2. The lowest BCUT2D eigenvalue weighted by Crippen LogP contribution is -2.57. The first-order valence-corrected chi connectivity index (χ1v) is 11.1. The number of morpholine rings is 1. The first kappa shape index (κ1) is 19.2. The van der Waals surface area contributed by atoms with Crippen molar-refractivity contribution in [3.8, 4) is 6.07 Å². The second-order valence-corrected chi connectivity index (χ2v) is 8.77. The maximum Gasteiger partial charge on any atom is 0.252 e. The van der Waals surface area contributed by atoms with Gasteiger partial charge in [0, 0.05) is 42.5 Å². The van der Waals surface area contributed by atoms with Gasteiger partial charge in [-0.3, -0.25) is 14.6 Å². The molecule has 4 saturated heterocycles. The summed E-state index contributed by atoms with van der Waals surface area (Å²) < 4.78 is 5.71. The second kappa shape index (κ2) is 7.78. The molecule has 9 heteroatoms. The fraction of sp³-hybridized carbons (Fsp3) is 0.429. The Labute approximate surface area is 178 Å². The summed E-state index contributed by atoms with van der Waals surface area (Å²) in [5.41, 5.74) is 2.27. The van der Waals surface area contributed by atoms with Crippen LogP contribution in [0.1, 0.15) is 16.8 Å². The molecule has 2 bridgehead atoms. The number of pyridine rings is 1. The number of anilines is 1. The third kappa shape index (κ3) is 3.46. The lowest BCUT2D eigenvalue weighted by atomic mass is 9.97. The normalized spacial score (nSPS) is 25.0. The molecule has 4 aliphatic heterocycles. The van der Waals surface area contributed by atoms with Crippen LogP contribution in [-0.2, 0) is 9.53 Å². The van der Waals surface area contributed by atoms with E-state index >= 15 is 0 Å². The highest BCUT2D eigenvalue weighted by atomic mass is 32.2. The van der Waals surface area contributed by atoms with Crippen molar-refractivity contribution in [1.82, 2.24) is 15.2 Å². The number of aromatic nitrogens is 1. The standard InChI is InChI=1S/C21H21N5O3S/c22-7-14-11-30-12-26(14)20(27)8-24-21(28)17-3-4-23-19-2-1-13(5-18(17)19)25-9-15-6-16(10-25)29-15/h1-5,14-16H,6,8-12H2,(H,24,28). The zero-order valence-electron chi connectivity index (χ0n) is 16.3. The molecule has 6 rings (SSSR count). The van der Waals surface area contributed by atoms with Gasteiger partial charge in [0.25, 0.3) is 5.91 Å². The van der Waals surface area contributed by atoms with E-state index in [2.05, 4.69) is 21.3 Å². The van der Waals surface area contributed by atoms with Crippen LogP contribution in [0.5, 0.6) is 0 Å². The molecule has 154 valence electrons. The highest BCUT2D eigenvalue weighted by Crippen LogP contribution is 2.32. The van der Waals surface area contributed by atoms with Crippen LogP contribution in [0.4, 0.5) is 5.69 Å². The van der Waals surface area contributed by atoms with Crippen LogP contribution in [0, 0.1) is 11.3 Å². The third-order valence-electron chi connectivity index (χ3n) is 5.85. The average Bonchev–Trinajstić information content (AvgIpc) is 3.25. The second-order valence-electron chi connectivity index (χ2n) is 7.77. The molecule has 30 heavy (non-hydrogen) atoms. The number of piperidine rings is 1. The highest BCUT2D eigenvalue weighted by Gasteiger charge is 2.38. The molecule has 1 aromatic heterocycles. The summed E-state index contributed by atoms with van der Waals surface area (Å²) in [6.45, 7) is 1.58. The zero-order chi connectivity index (χ0) is 20.7. The minimum absolute atomic E-state index is 0.131. The molecule has 2 amide bonds. The number of nitriles is 1. The van der Waals surface area contributed by atoms with Gasteiger partial charge in [0.2, 0.25) is 5.91 Å². The zero-order valence-corrected chi connectivity index (χ0v) is 17.1. The number of hydrogen-bond acceptors (Lipinski definition) is 7. The molecule has 3 atom stereocenters. The van der Waals surface area contributed by atoms with Gasteiger partial charge in [0.15, 0.2) is 0 Å². The van der Waals surface area contributed by atoms with E-state index in [4.69, 9.17) is 10.00 Å². The van der Waals surface area contributed by atoms with E-state index in [1.54, 1.807) is 24.0 Å². The Morgan fingerprint density at radius 2 is 2.10 bits per heavy atom. The Morgan fingerprint density at radius 1 is 1.30 bits per heavy atom. The largest absolute Gasteiger partial charge is 0.371 e. The van der Waals surface area contributed by atoms with Crippen LogP contribution >= 0.6 is 11.8 Å². The van der Waals surface area contributed by atoms with Gasteiger partial charge >= 0.3 is 0 Å². The van der Waals surface area contributed by atoms with Crippen molar-refractivity contribution >= 4 is 40.2 Å². The van der Waals surface area contributed by atoms with Crippen molar-refractivity contribution in [2.24, 2.45) is 0 Å². The number of ether oxygens (including phenoxy) is 1. The Morgan fingerprint density at radius 3 is 2.87 bits per heavy atom. The quantitative estimate of drug-likeness (QED) is 0.793. The van der Waals surface area contributed by atoms with Gasteiger partial charge in [-0.2, -0.15) is 5.26 Å². The molecule has 2 aromatic rings. The van der Waals surface area contributed by atoms with E-state index in [9.17, 15) is 9.59 Å².